The summed E-state index contributed by atoms with van der Waals surface area (Å²) in [5.74, 6) is -0.318. The molecule has 0 aliphatic heterocycles. The van der Waals surface area contributed by atoms with Gasteiger partial charge in [0.2, 0.25) is 0 Å². The molecule has 0 saturated carbocycles. The normalized spacial score (nSPS) is 11.5. The summed E-state index contributed by atoms with van der Waals surface area (Å²) in [7, 11) is -2.67. The summed E-state index contributed by atoms with van der Waals surface area (Å²) in [5.41, 5.74) is 4.58. The van der Waals surface area contributed by atoms with Gasteiger partial charge in [0.1, 0.15) is 12.3 Å². The van der Waals surface area contributed by atoms with E-state index in [1.54, 1.807) is 22.9 Å². The van der Waals surface area contributed by atoms with Crippen LogP contribution in [0.25, 0.3) is 5.69 Å². The number of para-hydroxylation sites is 1. The molecule has 1 heterocycles. The van der Waals surface area contributed by atoms with E-state index in [4.69, 9.17) is 27.9 Å². The number of rotatable bonds is 9. The number of sulfonamides is 1. The van der Waals surface area contributed by atoms with Crippen LogP contribution in [0.3, 0.4) is 0 Å². The van der Waals surface area contributed by atoms with E-state index >= 15 is 0 Å². The largest absolute Gasteiger partial charge is 0.495 e. The van der Waals surface area contributed by atoms with E-state index in [1.165, 1.54) is 43.7 Å². The molecule has 4 aromatic rings. The van der Waals surface area contributed by atoms with Crippen LogP contribution >= 0.6 is 23.2 Å². The summed E-state index contributed by atoms with van der Waals surface area (Å²) in [6.07, 6.45) is 1.36. The molecule has 0 aliphatic carbocycles. The van der Waals surface area contributed by atoms with Gasteiger partial charge in [0, 0.05) is 0 Å². The maximum absolute atomic E-state index is 13.5. The first-order valence-corrected chi connectivity index (χ1v) is 13.5. The number of nitrogens with one attached hydrogen (secondary N) is 1. The standard InChI is InChI=1S/C26H23Cl2N5O4S/c1-18-22(26(28)31-33(18)19-9-5-3-6-10-19)16-29-30-25(34)17-32(20-13-14-24(37-2)23(27)15-20)38(35,36)21-11-7-4-8-12-21/h3-16H,17H2,1-2H3,(H,30,34)/b29-16-. The molecule has 1 amide bonds. The molecule has 0 aliphatic rings. The number of carbonyl (C=O) groups excluding carboxylic acids is 1. The van der Waals surface area contributed by atoms with Crippen molar-refractivity contribution in [3.63, 3.8) is 0 Å². The van der Waals surface area contributed by atoms with Gasteiger partial charge in [-0.15, -0.1) is 0 Å². The lowest BCUT2D eigenvalue weighted by atomic mass is 10.2. The van der Waals surface area contributed by atoms with Crippen LogP contribution in [0.15, 0.2) is 88.9 Å². The third-order valence-electron chi connectivity index (χ3n) is 5.54. The van der Waals surface area contributed by atoms with Crippen LogP contribution in [-0.4, -0.2) is 44.0 Å². The van der Waals surface area contributed by atoms with Crippen molar-refractivity contribution in [2.24, 2.45) is 5.10 Å². The average molecular weight is 572 g/mol. The molecule has 0 fully saturated rings. The van der Waals surface area contributed by atoms with Crippen LogP contribution < -0.4 is 14.5 Å². The van der Waals surface area contributed by atoms with Gasteiger partial charge in [0.05, 0.1) is 45.9 Å². The van der Waals surface area contributed by atoms with Crippen LogP contribution in [0.1, 0.15) is 11.3 Å². The molecule has 9 nitrogen and oxygen atoms in total. The molecular formula is C26H23Cl2N5O4S. The summed E-state index contributed by atoms with van der Waals surface area (Å²) >= 11 is 12.5. The first-order valence-electron chi connectivity index (χ1n) is 11.3. The Hall–Kier alpha value is -3.86. The fourth-order valence-corrected chi connectivity index (χ4v) is 5.57. The average Bonchev–Trinajstić information content (AvgIpc) is 3.21. The Balaban J connectivity index is 1.57. The third-order valence-corrected chi connectivity index (χ3v) is 7.91. The Morgan fingerprint density at radius 1 is 1.08 bits per heavy atom. The molecule has 196 valence electrons. The van der Waals surface area contributed by atoms with E-state index in [1.807, 2.05) is 37.3 Å². The Morgan fingerprint density at radius 2 is 1.74 bits per heavy atom. The first kappa shape index (κ1) is 27.2. The summed E-state index contributed by atoms with van der Waals surface area (Å²) < 4.78 is 34.7. The zero-order chi connectivity index (χ0) is 27.3. The monoisotopic (exact) mass is 571 g/mol. The number of halogens is 2. The van der Waals surface area contributed by atoms with Gasteiger partial charge in [0.25, 0.3) is 15.9 Å². The highest BCUT2D eigenvalue weighted by atomic mass is 35.5. The van der Waals surface area contributed by atoms with Crippen molar-refractivity contribution in [3.05, 3.63) is 100 Å². The third kappa shape index (κ3) is 5.83. The molecule has 38 heavy (non-hydrogen) atoms. The Labute approximate surface area is 230 Å². The number of ether oxygens (including phenoxy) is 1. The number of aromatic nitrogens is 2. The van der Waals surface area contributed by atoms with Crippen molar-refractivity contribution in [1.82, 2.24) is 15.2 Å². The molecular weight excluding hydrogens is 549 g/mol. The molecule has 12 heteroatoms. The minimum absolute atomic E-state index is 0.0129. The number of hydrogen-bond acceptors (Lipinski definition) is 6. The number of nitrogens with zero attached hydrogens (tertiary/aromatic N) is 4. The van der Waals surface area contributed by atoms with Crippen LogP contribution in [0.5, 0.6) is 5.75 Å². The van der Waals surface area contributed by atoms with Gasteiger partial charge in [0.15, 0.2) is 5.15 Å². The van der Waals surface area contributed by atoms with Gasteiger partial charge < -0.3 is 4.74 Å². The SMILES string of the molecule is COc1ccc(N(CC(=O)N/N=C\c2c(Cl)nn(-c3ccccc3)c2C)S(=O)(=O)c2ccccc2)cc1Cl. The molecule has 0 saturated heterocycles. The van der Waals surface area contributed by atoms with Crippen molar-refractivity contribution in [2.75, 3.05) is 18.0 Å². The molecule has 4 rings (SSSR count). The number of amides is 1. The second-order valence-corrected chi connectivity index (χ2v) is 10.6. The molecule has 0 atom stereocenters. The summed E-state index contributed by atoms with van der Waals surface area (Å²) in [5, 5.41) is 8.70. The van der Waals surface area contributed by atoms with Gasteiger partial charge >= 0.3 is 0 Å². The van der Waals surface area contributed by atoms with E-state index in [0.29, 0.717) is 17.0 Å². The highest BCUT2D eigenvalue weighted by molar-refractivity contribution is 7.92. The quantitative estimate of drug-likeness (QED) is 0.228. The fourth-order valence-electron chi connectivity index (χ4n) is 3.63. The highest BCUT2D eigenvalue weighted by Gasteiger charge is 2.27. The van der Waals surface area contributed by atoms with Crippen molar-refractivity contribution in [1.29, 1.82) is 0 Å². The van der Waals surface area contributed by atoms with Gasteiger partial charge in [-0.3, -0.25) is 9.10 Å². The summed E-state index contributed by atoms with van der Waals surface area (Å²) in [6.45, 7) is 1.25. The Bertz CT molecular complexity index is 1580. The molecule has 0 bridgehead atoms. The fraction of sp³-hybridized carbons (Fsp3) is 0.115. The van der Waals surface area contributed by atoms with E-state index in [-0.39, 0.29) is 20.8 Å². The number of carbonyl (C=O) groups is 1. The number of methoxy groups -OCH3 is 1. The number of anilines is 1. The smallest absolute Gasteiger partial charge is 0.264 e. The minimum atomic E-state index is -4.12. The van der Waals surface area contributed by atoms with E-state index in [0.717, 1.165) is 9.99 Å². The summed E-state index contributed by atoms with van der Waals surface area (Å²) in [6, 6.07) is 21.6. The molecule has 1 N–H and O–H groups in total. The van der Waals surface area contributed by atoms with Gasteiger partial charge in [-0.25, -0.2) is 18.5 Å². The van der Waals surface area contributed by atoms with Crippen molar-refractivity contribution < 1.29 is 17.9 Å². The van der Waals surface area contributed by atoms with Crippen LogP contribution in [0, 0.1) is 6.92 Å². The van der Waals surface area contributed by atoms with E-state index in [2.05, 4.69) is 15.6 Å². The molecule has 0 radical (unpaired) electrons. The van der Waals surface area contributed by atoms with Crippen LogP contribution in [-0.2, 0) is 14.8 Å². The zero-order valence-electron chi connectivity index (χ0n) is 20.4. The lowest BCUT2D eigenvalue weighted by Crippen LogP contribution is -2.39. The number of hydrazone groups is 1. The van der Waals surface area contributed by atoms with Gasteiger partial charge in [-0.2, -0.15) is 10.2 Å². The Kier molecular flexibility index (Phi) is 8.35. The lowest BCUT2D eigenvalue weighted by Gasteiger charge is -2.24. The predicted molar refractivity (Wildman–Crippen MR) is 148 cm³/mol. The molecule has 0 spiro atoms. The van der Waals surface area contributed by atoms with E-state index in [9.17, 15) is 13.2 Å². The van der Waals surface area contributed by atoms with Crippen LogP contribution in [0.4, 0.5) is 5.69 Å². The van der Waals surface area contributed by atoms with Crippen molar-refractivity contribution in [2.45, 2.75) is 11.8 Å². The van der Waals surface area contributed by atoms with Crippen molar-refractivity contribution >= 4 is 51.0 Å². The second-order valence-electron chi connectivity index (χ2n) is 7.97. The second kappa shape index (κ2) is 11.7. The topological polar surface area (TPSA) is 106 Å². The lowest BCUT2D eigenvalue weighted by molar-refractivity contribution is -0.119. The zero-order valence-corrected chi connectivity index (χ0v) is 22.7. The molecule has 1 aromatic heterocycles. The van der Waals surface area contributed by atoms with Gasteiger partial charge in [-0.1, -0.05) is 59.6 Å². The number of benzene rings is 3. The van der Waals surface area contributed by atoms with Crippen molar-refractivity contribution in [3.8, 4) is 11.4 Å². The number of hydrogen-bond donors (Lipinski definition) is 1. The maximum Gasteiger partial charge on any atom is 0.264 e. The Morgan fingerprint density at radius 3 is 2.37 bits per heavy atom. The molecule has 0 unspecified atom stereocenters. The maximum atomic E-state index is 13.5. The van der Waals surface area contributed by atoms with Gasteiger partial charge in [-0.05, 0) is 49.4 Å². The van der Waals surface area contributed by atoms with E-state index < -0.39 is 22.5 Å². The first-order chi connectivity index (χ1) is 18.2. The summed E-state index contributed by atoms with van der Waals surface area (Å²) in [4.78, 5) is 12.9. The minimum Gasteiger partial charge on any atom is -0.495 e. The predicted octanol–water partition coefficient (Wildman–Crippen LogP) is 4.84. The van der Waals surface area contributed by atoms with Crippen LogP contribution in [0.2, 0.25) is 10.2 Å². The highest BCUT2D eigenvalue weighted by Crippen LogP contribution is 2.31. The molecule has 3 aromatic carbocycles.